The number of fused-ring (bicyclic) bond motifs is 1. The molecule has 3 N–H and O–H groups in total. The van der Waals surface area contributed by atoms with Crippen molar-refractivity contribution in [3.05, 3.63) is 99.8 Å². The van der Waals surface area contributed by atoms with Crippen LogP contribution in [0.4, 0.5) is 28.0 Å². The summed E-state index contributed by atoms with van der Waals surface area (Å²) in [6.07, 6.45) is 3.64. The van der Waals surface area contributed by atoms with E-state index < -0.39 is 59.2 Å². The number of H-pyrrole nitrogens is 1. The summed E-state index contributed by atoms with van der Waals surface area (Å²) in [4.78, 5) is 58.2. The normalized spacial score (nSPS) is 11.8. The Labute approximate surface area is 265 Å². The number of imidazole rings is 1. The number of likely N-dealkylation sites (N-methyl/N-ethyl adjacent to an activating group) is 1. The number of rotatable bonds is 12. The van der Waals surface area contributed by atoms with Gasteiger partial charge in [-0.15, -0.1) is 0 Å². The number of nitrogens with one attached hydrogen (secondary N) is 3. The highest BCUT2D eigenvalue weighted by atomic mass is 19.1. The van der Waals surface area contributed by atoms with Gasteiger partial charge in [-0.1, -0.05) is 6.08 Å². The first-order chi connectivity index (χ1) is 22.4. The minimum absolute atomic E-state index is 0.0113. The molecular weight excluding hydrogens is 628 g/mol. The molecule has 2 aromatic heterocycles. The average Bonchev–Trinajstić information content (AvgIpc) is 3.45. The second-order valence-corrected chi connectivity index (χ2v) is 10.3. The van der Waals surface area contributed by atoms with Crippen LogP contribution in [0.3, 0.4) is 0 Å². The molecule has 0 radical (unpaired) electrons. The lowest BCUT2D eigenvalue weighted by atomic mass is 10.1. The van der Waals surface area contributed by atoms with Gasteiger partial charge in [-0.3, -0.25) is 14.4 Å². The number of benzene rings is 2. The zero-order chi connectivity index (χ0) is 34.2. The Balaban J connectivity index is 1.53. The third kappa shape index (κ3) is 8.53. The number of carbonyl (C=O) groups is 3. The van der Waals surface area contributed by atoms with E-state index in [0.717, 1.165) is 23.8 Å². The summed E-state index contributed by atoms with van der Waals surface area (Å²) in [5.41, 5.74) is -1.44. The van der Waals surface area contributed by atoms with Crippen LogP contribution in [0.25, 0.3) is 11.0 Å². The molecule has 0 aliphatic carbocycles. The number of nitrogens with zero attached hydrogens (tertiary/aromatic N) is 3. The van der Waals surface area contributed by atoms with Crippen LogP contribution in [-0.2, 0) is 27.5 Å². The molecule has 0 aliphatic rings. The maximum Gasteiger partial charge on any atom is 0.407 e. The van der Waals surface area contributed by atoms with Gasteiger partial charge in [0.2, 0.25) is 11.8 Å². The van der Waals surface area contributed by atoms with Crippen LogP contribution in [-0.4, -0.2) is 64.6 Å². The van der Waals surface area contributed by atoms with Gasteiger partial charge in [-0.2, -0.15) is 0 Å². The first-order valence-electron chi connectivity index (χ1n) is 14.0. The smallest absolute Gasteiger partial charge is 0.407 e. The summed E-state index contributed by atoms with van der Waals surface area (Å²) in [6.45, 7) is -0.789. The number of halogens is 4. The molecule has 3 amide bonds. The molecule has 2 heterocycles. The van der Waals surface area contributed by atoms with Gasteiger partial charge < -0.3 is 34.6 Å². The van der Waals surface area contributed by atoms with E-state index in [2.05, 4.69) is 25.3 Å². The molecule has 0 fully saturated rings. The van der Waals surface area contributed by atoms with Crippen molar-refractivity contribution >= 4 is 34.6 Å². The van der Waals surface area contributed by atoms with Crippen LogP contribution < -0.4 is 20.9 Å². The number of hydrogen-bond donors (Lipinski definition) is 3. The molecule has 4 rings (SSSR count). The predicted molar refractivity (Wildman–Crippen MR) is 162 cm³/mol. The van der Waals surface area contributed by atoms with Gasteiger partial charge in [0.1, 0.15) is 46.8 Å². The van der Waals surface area contributed by atoms with Crippen LogP contribution in [0, 0.1) is 23.3 Å². The van der Waals surface area contributed by atoms with E-state index in [0.29, 0.717) is 12.1 Å². The van der Waals surface area contributed by atoms with Gasteiger partial charge in [0, 0.05) is 38.0 Å². The maximum absolute atomic E-state index is 14.7. The minimum atomic E-state index is -1.13. The molecule has 47 heavy (non-hydrogen) atoms. The van der Waals surface area contributed by atoms with E-state index in [4.69, 9.17) is 4.74 Å². The van der Waals surface area contributed by atoms with Gasteiger partial charge in [-0.05, 0) is 43.2 Å². The lowest BCUT2D eigenvalue weighted by molar-refractivity contribution is -0.123. The number of carbonyl (C=O) groups excluding carboxylic acids is 3. The molecular formula is C31H30F4N6O6. The van der Waals surface area contributed by atoms with E-state index in [1.54, 1.807) is 14.1 Å². The third-order valence-electron chi connectivity index (χ3n) is 6.78. The summed E-state index contributed by atoms with van der Waals surface area (Å²) in [5, 5.41) is 4.86. The Morgan fingerprint density at radius 1 is 1.09 bits per heavy atom. The lowest BCUT2D eigenvalue weighted by Gasteiger charge is -2.17. The molecule has 12 nitrogen and oxygen atoms in total. The number of aromatic amines is 1. The highest BCUT2D eigenvalue weighted by Gasteiger charge is 2.23. The first-order valence-corrected chi connectivity index (χ1v) is 14.0. The summed E-state index contributed by atoms with van der Waals surface area (Å²) in [7, 11) is 4.27. The number of ether oxygens (including phenoxy) is 2. The summed E-state index contributed by atoms with van der Waals surface area (Å²) < 4.78 is 67.9. The fourth-order valence-corrected chi connectivity index (χ4v) is 4.33. The molecule has 0 aliphatic heterocycles. The Morgan fingerprint density at radius 3 is 2.55 bits per heavy atom. The second kappa shape index (κ2) is 15.1. The SMILES string of the molecule is COC(=O)NC(CC/C=C/C(=O)N(C)C)C(=O)Nc1cccn(Cc2nc3c(OCc4ccc(F)cc4F)c(F)cc(F)c3[nH]2)c1=O. The molecule has 4 aromatic rings. The Morgan fingerprint density at radius 2 is 1.85 bits per heavy atom. The number of anilines is 1. The van der Waals surface area contributed by atoms with Crippen LogP contribution in [0.15, 0.2) is 59.5 Å². The fraction of sp³-hybridized carbons (Fsp3) is 0.258. The second-order valence-electron chi connectivity index (χ2n) is 10.3. The van der Waals surface area contributed by atoms with Gasteiger partial charge in [0.05, 0.1) is 13.7 Å². The minimum Gasteiger partial charge on any atom is -0.483 e. The topological polar surface area (TPSA) is 148 Å². The average molecular weight is 659 g/mol. The third-order valence-corrected chi connectivity index (χ3v) is 6.78. The van der Waals surface area contributed by atoms with Gasteiger partial charge in [0.15, 0.2) is 17.4 Å². The summed E-state index contributed by atoms with van der Waals surface area (Å²) in [5.74, 6) is -5.34. The fourth-order valence-electron chi connectivity index (χ4n) is 4.33. The molecule has 1 atom stereocenters. The van der Waals surface area contributed by atoms with Crippen molar-refractivity contribution in [1.82, 2.24) is 24.8 Å². The molecule has 2 aromatic carbocycles. The van der Waals surface area contributed by atoms with Crippen LogP contribution in [0.5, 0.6) is 5.75 Å². The number of hydrogen-bond acceptors (Lipinski definition) is 7. The molecule has 1 unspecified atom stereocenters. The van der Waals surface area contributed by atoms with Crippen LogP contribution in [0.2, 0.25) is 0 Å². The predicted octanol–water partition coefficient (Wildman–Crippen LogP) is 4.00. The zero-order valence-electron chi connectivity index (χ0n) is 25.4. The van der Waals surface area contributed by atoms with Crippen molar-refractivity contribution in [2.45, 2.75) is 32.0 Å². The van der Waals surface area contributed by atoms with E-state index in [1.807, 2.05) is 0 Å². The molecule has 0 spiro atoms. The number of methoxy groups -OCH3 is 1. The molecule has 0 saturated heterocycles. The standard InChI is InChI=1S/C31H30F4N6O6/c1-40(2)25(42)9-5-4-7-22(37-31(45)46-3)29(43)36-23-8-6-12-41(30(23)44)15-24-38-26-20(34)14-21(35)28(27(26)39-24)47-16-17-10-11-18(32)13-19(17)33/h5-6,8-14,22H,4,7,15-16H2,1-3H3,(H,36,43)(H,37,45)(H,38,39)/b9-5+. The van der Waals surface area contributed by atoms with Crippen molar-refractivity contribution < 1.29 is 41.4 Å². The molecule has 16 heteroatoms. The summed E-state index contributed by atoms with van der Waals surface area (Å²) >= 11 is 0. The van der Waals surface area contributed by atoms with Crippen LogP contribution >= 0.6 is 0 Å². The summed E-state index contributed by atoms with van der Waals surface area (Å²) in [6, 6.07) is 4.96. The van der Waals surface area contributed by atoms with Gasteiger partial charge in [0.25, 0.3) is 5.56 Å². The highest BCUT2D eigenvalue weighted by molar-refractivity contribution is 5.96. The Hall–Kier alpha value is -5.67. The number of allylic oxidation sites excluding steroid dienone is 1. The lowest BCUT2D eigenvalue weighted by Crippen LogP contribution is -2.44. The number of aromatic nitrogens is 3. The van der Waals surface area contributed by atoms with E-state index >= 15 is 0 Å². The largest absolute Gasteiger partial charge is 0.483 e. The Kier molecular flexibility index (Phi) is 11.0. The monoisotopic (exact) mass is 658 g/mol. The highest BCUT2D eigenvalue weighted by Crippen LogP contribution is 2.30. The molecule has 0 saturated carbocycles. The number of alkyl carbamates (subject to hydrolysis) is 1. The van der Waals surface area contributed by atoms with Crippen molar-refractivity contribution in [3.63, 3.8) is 0 Å². The van der Waals surface area contributed by atoms with Crippen molar-refractivity contribution in [2.75, 3.05) is 26.5 Å². The maximum atomic E-state index is 14.7. The zero-order valence-corrected chi connectivity index (χ0v) is 25.4. The quantitative estimate of drug-likeness (QED) is 0.154. The van der Waals surface area contributed by atoms with Gasteiger partial charge in [-0.25, -0.2) is 27.3 Å². The van der Waals surface area contributed by atoms with E-state index in [-0.39, 0.29) is 53.4 Å². The van der Waals surface area contributed by atoms with E-state index in [9.17, 15) is 36.7 Å². The van der Waals surface area contributed by atoms with E-state index in [1.165, 1.54) is 35.4 Å². The molecule has 248 valence electrons. The first kappa shape index (κ1) is 34.2. The van der Waals surface area contributed by atoms with Crippen molar-refractivity contribution in [2.24, 2.45) is 0 Å². The van der Waals surface area contributed by atoms with Crippen molar-refractivity contribution in [1.29, 1.82) is 0 Å². The number of amides is 3. The van der Waals surface area contributed by atoms with Crippen LogP contribution in [0.1, 0.15) is 24.2 Å². The Bertz CT molecular complexity index is 1890. The molecule has 0 bridgehead atoms. The van der Waals surface area contributed by atoms with Crippen molar-refractivity contribution in [3.8, 4) is 5.75 Å². The van der Waals surface area contributed by atoms with Gasteiger partial charge >= 0.3 is 6.09 Å². The number of pyridine rings is 1.